The number of nitrogens with zero attached hydrogens (tertiary/aromatic N) is 3. The van der Waals surface area contributed by atoms with Gasteiger partial charge in [0, 0.05) is 22.8 Å². The van der Waals surface area contributed by atoms with Gasteiger partial charge in [-0.15, -0.1) is 11.3 Å². The van der Waals surface area contributed by atoms with Crippen molar-refractivity contribution in [3.8, 4) is 0 Å². The Balaban J connectivity index is 2.02. The van der Waals surface area contributed by atoms with Gasteiger partial charge in [0.1, 0.15) is 9.98 Å². The predicted octanol–water partition coefficient (Wildman–Crippen LogP) is 5.24. The summed E-state index contributed by atoms with van der Waals surface area (Å²) in [4.78, 5) is 14.1. The molecular weight excluding hydrogens is 302 g/mol. The number of thiophene rings is 1. The number of aromatic nitrogens is 2. The molecule has 0 aromatic carbocycles. The minimum Gasteiger partial charge on any atom is -0.338 e. The summed E-state index contributed by atoms with van der Waals surface area (Å²) in [6.07, 6.45) is 4.90. The van der Waals surface area contributed by atoms with Crippen molar-refractivity contribution in [1.29, 1.82) is 0 Å². The summed E-state index contributed by atoms with van der Waals surface area (Å²) in [5.41, 5.74) is 0. The maximum Gasteiger partial charge on any atom is 0.228 e. The van der Waals surface area contributed by atoms with E-state index in [0.717, 1.165) is 29.1 Å². The largest absolute Gasteiger partial charge is 0.338 e. The average molecular weight is 324 g/mol. The number of hydrogen-bond donors (Lipinski definition) is 0. The normalized spacial score (nSPS) is 19.7. The molecule has 0 radical (unpaired) electrons. The smallest absolute Gasteiger partial charge is 0.228 e. The van der Waals surface area contributed by atoms with E-state index in [0.29, 0.717) is 17.1 Å². The molecule has 3 nitrogen and oxygen atoms in total. The highest BCUT2D eigenvalue weighted by molar-refractivity contribution is 7.18. The zero-order valence-corrected chi connectivity index (χ0v) is 14.5. The first-order chi connectivity index (χ1) is 10.1. The molecule has 0 aliphatic carbocycles. The van der Waals surface area contributed by atoms with Gasteiger partial charge >= 0.3 is 0 Å². The van der Waals surface area contributed by atoms with E-state index in [1.54, 1.807) is 11.3 Å². The van der Waals surface area contributed by atoms with E-state index < -0.39 is 0 Å². The molecule has 1 aliphatic rings. The molecule has 3 rings (SSSR count). The van der Waals surface area contributed by atoms with Crippen molar-refractivity contribution in [3.63, 3.8) is 0 Å². The fraction of sp³-hybridized carbons (Fsp3) is 0.625. The van der Waals surface area contributed by atoms with Crippen LogP contribution in [-0.4, -0.2) is 22.6 Å². The quantitative estimate of drug-likeness (QED) is 0.723. The Morgan fingerprint density at radius 3 is 2.90 bits per heavy atom. The molecule has 3 heterocycles. The number of hydrogen-bond acceptors (Lipinski definition) is 4. The van der Waals surface area contributed by atoms with Crippen molar-refractivity contribution >= 4 is 39.1 Å². The Kier molecular flexibility index (Phi) is 4.36. The Hall–Kier alpha value is -0.870. The number of rotatable bonds is 3. The van der Waals surface area contributed by atoms with E-state index in [1.165, 1.54) is 24.1 Å². The molecule has 1 aliphatic heterocycles. The highest BCUT2D eigenvalue weighted by atomic mass is 35.5. The molecule has 2 aromatic heterocycles. The fourth-order valence-electron chi connectivity index (χ4n) is 3.00. The summed E-state index contributed by atoms with van der Waals surface area (Å²) in [6, 6.07) is 2.70. The van der Waals surface area contributed by atoms with Crippen LogP contribution in [0, 0.1) is 0 Å². The highest BCUT2D eigenvalue weighted by Gasteiger charge is 2.24. The van der Waals surface area contributed by atoms with Crippen LogP contribution in [0.25, 0.3) is 10.2 Å². The van der Waals surface area contributed by atoms with Crippen LogP contribution in [0.4, 0.5) is 5.95 Å². The van der Waals surface area contributed by atoms with E-state index in [-0.39, 0.29) is 0 Å². The van der Waals surface area contributed by atoms with Crippen LogP contribution in [0.5, 0.6) is 0 Å². The van der Waals surface area contributed by atoms with Crippen molar-refractivity contribution in [2.45, 2.75) is 58.4 Å². The van der Waals surface area contributed by atoms with Crippen molar-refractivity contribution < 1.29 is 0 Å². The average Bonchev–Trinajstić information content (AvgIpc) is 2.92. The number of anilines is 1. The fourth-order valence-corrected chi connectivity index (χ4v) is 4.30. The predicted molar refractivity (Wildman–Crippen MR) is 91.8 cm³/mol. The molecule has 0 spiro atoms. The number of halogens is 1. The minimum atomic E-state index is 0.502. The number of piperidine rings is 1. The molecule has 0 amide bonds. The Morgan fingerprint density at radius 2 is 2.19 bits per heavy atom. The molecule has 0 bridgehead atoms. The van der Waals surface area contributed by atoms with E-state index in [1.807, 2.05) is 0 Å². The van der Waals surface area contributed by atoms with Crippen molar-refractivity contribution in [2.24, 2.45) is 0 Å². The summed E-state index contributed by atoms with van der Waals surface area (Å²) in [5, 5.41) is 1.60. The molecule has 21 heavy (non-hydrogen) atoms. The van der Waals surface area contributed by atoms with Gasteiger partial charge in [-0.25, -0.2) is 9.97 Å². The molecule has 0 N–H and O–H groups in total. The molecule has 5 heteroatoms. The minimum absolute atomic E-state index is 0.502. The van der Waals surface area contributed by atoms with Crippen LogP contribution < -0.4 is 4.90 Å². The lowest BCUT2D eigenvalue weighted by Crippen LogP contribution is -2.40. The molecule has 0 saturated carbocycles. The second-order valence-corrected chi connectivity index (χ2v) is 7.51. The van der Waals surface area contributed by atoms with Crippen molar-refractivity contribution in [2.75, 3.05) is 11.4 Å². The first kappa shape index (κ1) is 15.0. The zero-order valence-electron chi connectivity index (χ0n) is 12.9. The van der Waals surface area contributed by atoms with E-state index in [9.17, 15) is 0 Å². The molecule has 2 aromatic rings. The molecule has 1 saturated heterocycles. The monoisotopic (exact) mass is 323 g/mol. The third kappa shape index (κ3) is 2.88. The van der Waals surface area contributed by atoms with Crippen LogP contribution >= 0.6 is 22.9 Å². The topological polar surface area (TPSA) is 29.0 Å². The maximum atomic E-state index is 6.42. The van der Waals surface area contributed by atoms with Crippen LogP contribution in [-0.2, 0) is 0 Å². The van der Waals surface area contributed by atoms with Gasteiger partial charge in [-0.1, -0.05) is 32.4 Å². The second-order valence-electron chi connectivity index (χ2n) is 6.09. The Labute approximate surface area is 135 Å². The highest BCUT2D eigenvalue weighted by Crippen LogP contribution is 2.35. The lowest BCUT2D eigenvalue weighted by atomic mass is 10.0. The van der Waals surface area contributed by atoms with Gasteiger partial charge in [0.15, 0.2) is 0 Å². The standard InChI is InChI=1S/C16H22ClN3S/c1-4-11-7-5-6-8-20(11)16-18-14(17)12-9-13(10(2)3)21-15(12)19-16/h9-11H,4-8H2,1-3H3. The van der Waals surface area contributed by atoms with Gasteiger partial charge in [-0.2, -0.15) is 0 Å². The van der Waals surface area contributed by atoms with Crippen LogP contribution in [0.15, 0.2) is 6.07 Å². The molecule has 1 atom stereocenters. The zero-order chi connectivity index (χ0) is 15.0. The SMILES string of the molecule is CCC1CCCCN1c1nc(Cl)c2cc(C(C)C)sc2n1. The Bertz CT molecular complexity index is 638. The summed E-state index contributed by atoms with van der Waals surface area (Å²) in [6.45, 7) is 7.68. The molecular formula is C16H22ClN3S. The maximum absolute atomic E-state index is 6.42. The van der Waals surface area contributed by atoms with Crippen molar-refractivity contribution in [1.82, 2.24) is 9.97 Å². The van der Waals surface area contributed by atoms with Crippen molar-refractivity contribution in [3.05, 3.63) is 16.1 Å². The van der Waals surface area contributed by atoms with E-state index in [2.05, 4.69) is 36.7 Å². The van der Waals surface area contributed by atoms with Gasteiger partial charge in [0.05, 0.1) is 0 Å². The van der Waals surface area contributed by atoms with Gasteiger partial charge in [0.25, 0.3) is 0 Å². The first-order valence-electron chi connectivity index (χ1n) is 7.83. The lowest BCUT2D eigenvalue weighted by molar-refractivity contribution is 0.443. The van der Waals surface area contributed by atoms with Gasteiger partial charge < -0.3 is 4.90 Å². The van der Waals surface area contributed by atoms with Gasteiger partial charge in [0.2, 0.25) is 5.95 Å². The summed E-state index contributed by atoms with van der Waals surface area (Å²) >= 11 is 8.16. The van der Waals surface area contributed by atoms with Crippen LogP contribution in [0.2, 0.25) is 5.15 Å². The molecule has 1 fully saturated rings. The number of fused-ring (bicyclic) bond motifs is 1. The van der Waals surface area contributed by atoms with Crippen LogP contribution in [0.1, 0.15) is 57.2 Å². The summed E-state index contributed by atoms with van der Waals surface area (Å²) in [5.74, 6) is 1.32. The third-order valence-electron chi connectivity index (χ3n) is 4.28. The van der Waals surface area contributed by atoms with Gasteiger partial charge in [-0.05, 0) is 37.7 Å². The van der Waals surface area contributed by atoms with E-state index in [4.69, 9.17) is 16.6 Å². The molecule has 114 valence electrons. The van der Waals surface area contributed by atoms with Gasteiger partial charge in [-0.3, -0.25) is 0 Å². The van der Waals surface area contributed by atoms with E-state index >= 15 is 0 Å². The third-order valence-corrected chi connectivity index (χ3v) is 5.90. The summed E-state index contributed by atoms with van der Waals surface area (Å²) in [7, 11) is 0. The summed E-state index contributed by atoms with van der Waals surface area (Å²) < 4.78 is 0. The second kappa shape index (κ2) is 6.09. The molecule has 1 unspecified atom stereocenters. The van der Waals surface area contributed by atoms with Crippen LogP contribution in [0.3, 0.4) is 0 Å². The first-order valence-corrected chi connectivity index (χ1v) is 9.03. The Morgan fingerprint density at radius 1 is 1.38 bits per heavy atom. The lowest BCUT2D eigenvalue weighted by Gasteiger charge is -2.35.